The van der Waals surface area contributed by atoms with Crippen molar-refractivity contribution < 1.29 is 23.5 Å². The van der Waals surface area contributed by atoms with E-state index in [1.807, 2.05) is 0 Å². The fraction of sp³-hybridized carbons (Fsp3) is 0.857. The fourth-order valence-corrected chi connectivity index (χ4v) is 1.74. The molecule has 1 unspecified atom stereocenters. The average Bonchev–Trinajstić information content (AvgIpc) is 2.38. The molecular formula is C14H25FO4. The lowest BCUT2D eigenvalue weighted by Crippen LogP contribution is -2.12. The molecule has 0 aromatic heterocycles. The van der Waals surface area contributed by atoms with Crippen molar-refractivity contribution in [1.29, 1.82) is 0 Å². The van der Waals surface area contributed by atoms with E-state index in [2.05, 4.69) is 9.47 Å². The van der Waals surface area contributed by atoms with Gasteiger partial charge in [-0.1, -0.05) is 32.1 Å². The lowest BCUT2D eigenvalue weighted by molar-refractivity contribution is -0.143. The molecule has 0 amide bonds. The van der Waals surface area contributed by atoms with Gasteiger partial charge in [0.15, 0.2) is 0 Å². The highest BCUT2D eigenvalue weighted by Gasteiger charge is 2.07. The van der Waals surface area contributed by atoms with Crippen LogP contribution in [0.3, 0.4) is 0 Å². The summed E-state index contributed by atoms with van der Waals surface area (Å²) in [5, 5.41) is 0. The molecule has 0 bridgehead atoms. The van der Waals surface area contributed by atoms with Crippen molar-refractivity contribution in [3.8, 4) is 0 Å². The molecular weight excluding hydrogens is 251 g/mol. The summed E-state index contributed by atoms with van der Waals surface area (Å²) in [6.07, 6.45) is 5.59. The minimum Gasteiger partial charge on any atom is -0.469 e. The summed E-state index contributed by atoms with van der Waals surface area (Å²) in [6.45, 7) is 1.15. The smallest absolute Gasteiger partial charge is 0.305 e. The third-order valence-corrected chi connectivity index (χ3v) is 2.84. The molecule has 0 aliphatic rings. The average molecular weight is 276 g/mol. The Kier molecular flexibility index (Phi) is 11.2. The van der Waals surface area contributed by atoms with Gasteiger partial charge in [0.05, 0.1) is 7.11 Å². The number of carbonyl (C=O) groups excluding carboxylic acids is 2. The second kappa shape index (κ2) is 11.9. The second-order valence-corrected chi connectivity index (χ2v) is 4.64. The SMILES string of the molecule is COC(=O)CCCCCCCCC(F)COC(C)=O. The van der Waals surface area contributed by atoms with E-state index < -0.39 is 12.1 Å². The Labute approximate surface area is 114 Å². The van der Waals surface area contributed by atoms with E-state index in [1.165, 1.54) is 14.0 Å². The summed E-state index contributed by atoms with van der Waals surface area (Å²) in [4.78, 5) is 21.3. The van der Waals surface area contributed by atoms with Gasteiger partial charge in [-0.25, -0.2) is 4.39 Å². The molecule has 0 fully saturated rings. The Morgan fingerprint density at radius 3 is 2.21 bits per heavy atom. The van der Waals surface area contributed by atoms with Gasteiger partial charge in [-0.3, -0.25) is 9.59 Å². The van der Waals surface area contributed by atoms with Crippen molar-refractivity contribution in [3.05, 3.63) is 0 Å². The number of halogens is 1. The van der Waals surface area contributed by atoms with E-state index >= 15 is 0 Å². The molecule has 0 aromatic rings. The predicted molar refractivity (Wildman–Crippen MR) is 70.5 cm³/mol. The number of methoxy groups -OCH3 is 1. The fourth-order valence-electron chi connectivity index (χ4n) is 1.74. The number of unbranched alkanes of at least 4 members (excludes halogenated alkanes) is 5. The highest BCUT2D eigenvalue weighted by molar-refractivity contribution is 5.68. The first kappa shape index (κ1) is 17.9. The van der Waals surface area contributed by atoms with Crippen molar-refractivity contribution in [2.24, 2.45) is 0 Å². The maximum atomic E-state index is 13.2. The summed E-state index contributed by atoms with van der Waals surface area (Å²) in [5.74, 6) is -0.598. The standard InChI is InChI=1S/C14H25FO4/c1-12(16)19-11-13(15)9-7-5-3-4-6-8-10-14(17)18-2/h13H,3-11H2,1-2H3. The molecule has 0 aromatic carbocycles. The normalized spacial score (nSPS) is 11.9. The summed E-state index contributed by atoms with van der Waals surface area (Å²) >= 11 is 0. The molecule has 0 saturated heterocycles. The molecule has 5 heteroatoms. The number of hydrogen-bond donors (Lipinski definition) is 0. The first-order valence-corrected chi connectivity index (χ1v) is 6.90. The van der Waals surface area contributed by atoms with Crippen molar-refractivity contribution in [2.75, 3.05) is 13.7 Å². The van der Waals surface area contributed by atoms with Crippen LogP contribution in [-0.4, -0.2) is 31.8 Å². The van der Waals surface area contributed by atoms with Gasteiger partial charge >= 0.3 is 11.9 Å². The Bertz CT molecular complexity index is 256. The molecule has 19 heavy (non-hydrogen) atoms. The number of ether oxygens (including phenoxy) is 2. The third kappa shape index (κ3) is 13.1. The highest BCUT2D eigenvalue weighted by atomic mass is 19.1. The molecule has 0 saturated carbocycles. The van der Waals surface area contributed by atoms with Crippen LogP contribution < -0.4 is 0 Å². The van der Waals surface area contributed by atoms with Crippen LogP contribution in [-0.2, 0) is 19.1 Å². The van der Waals surface area contributed by atoms with Crippen LogP contribution in [0.25, 0.3) is 0 Å². The van der Waals surface area contributed by atoms with Crippen LogP contribution in [0, 0.1) is 0 Å². The number of hydrogen-bond acceptors (Lipinski definition) is 4. The number of carbonyl (C=O) groups is 2. The zero-order valence-electron chi connectivity index (χ0n) is 12.0. The van der Waals surface area contributed by atoms with Crippen LogP contribution in [0.5, 0.6) is 0 Å². The van der Waals surface area contributed by atoms with Gasteiger partial charge < -0.3 is 9.47 Å². The van der Waals surface area contributed by atoms with E-state index in [1.54, 1.807) is 0 Å². The van der Waals surface area contributed by atoms with Crippen molar-refractivity contribution in [2.45, 2.75) is 64.5 Å². The predicted octanol–water partition coefficient (Wildman–Crippen LogP) is 3.18. The highest BCUT2D eigenvalue weighted by Crippen LogP contribution is 2.11. The van der Waals surface area contributed by atoms with Crippen molar-refractivity contribution in [1.82, 2.24) is 0 Å². The summed E-state index contributed by atoms with van der Waals surface area (Å²) in [7, 11) is 1.39. The second-order valence-electron chi connectivity index (χ2n) is 4.64. The minimum absolute atomic E-state index is 0.130. The van der Waals surface area contributed by atoms with E-state index in [4.69, 9.17) is 0 Å². The van der Waals surface area contributed by atoms with Crippen LogP contribution in [0.1, 0.15) is 58.3 Å². The lowest BCUT2D eigenvalue weighted by Gasteiger charge is -2.07. The van der Waals surface area contributed by atoms with E-state index in [-0.39, 0.29) is 12.6 Å². The Balaban J connectivity index is 3.22. The molecule has 4 nitrogen and oxygen atoms in total. The van der Waals surface area contributed by atoms with Crippen LogP contribution >= 0.6 is 0 Å². The maximum Gasteiger partial charge on any atom is 0.305 e. The quantitative estimate of drug-likeness (QED) is 0.429. The minimum atomic E-state index is -1.05. The molecule has 112 valence electrons. The van der Waals surface area contributed by atoms with Crippen LogP contribution in [0.15, 0.2) is 0 Å². The molecule has 0 radical (unpaired) electrons. The number of alkyl halides is 1. The monoisotopic (exact) mass is 276 g/mol. The summed E-state index contributed by atoms with van der Waals surface area (Å²) in [6, 6.07) is 0. The first-order valence-electron chi connectivity index (χ1n) is 6.90. The van der Waals surface area contributed by atoms with Crippen LogP contribution in [0.4, 0.5) is 4.39 Å². The van der Waals surface area contributed by atoms with Crippen LogP contribution in [0.2, 0.25) is 0 Å². The zero-order chi connectivity index (χ0) is 14.5. The molecule has 0 N–H and O–H groups in total. The van der Waals surface area contributed by atoms with Crippen molar-refractivity contribution >= 4 is 11.9 Å². The topological polar surface area (TPSA) is 52.6 Å². The Morgan fingerprint density at radius 2 is 1.63 bits per heavy atom. The van der Waals surface area contributed by atoms with Gasteiger partial charge in [0.2, 0.25) is 0 Å². The van der Waals surface area contributed by atoms with Gasteiger partial charge in [-0.05, 0) is 12.8 Å². The van der Waals surface area contributed by atoms with E-state index in [9.17, 15) is 14.0 Å². The Hall–Kier alpha value is -1.13. The molecule has 0 aliphatic heterocycles. The van der Waals surface area contributed by atoms with Crippen molar-refractivity contribution in [3.63, 3.8) is 0 Å². The maximum absolute atomic E-state index is 13.2. The van der Waals surface area contributed by atoms with Gasteiger partial charge in [0.1, 0.15) is 12.8 Å². The number of rotatable bonds is 11. The lowest BCUT2D eigenvalue weighted by atomic mass is 10.1. The van der Waals surface area contributed by atoms with Gasteiger partial charge in [0, 0.05) is 13.3 Å². The third-order valence-electron chi connectivity index (χ3n) is 2.84. The molecule has 0 aliphatic carbocycles. The van der Waals surface area contributed by atoms with Gasteiger partial charge in [-0.15, -0.1) is 0 Å². The van der Waals surface area contributed by atoms with Gasteiger partial charge in [0.25, 0.3) is 0 Å². The van der Waals surface area contributed by atoms with E-state index in [0.717, 1.165) is 38.5 Å². The molecule has 1 atom stereocenters. The summed E-state index contributed by atoms with van der Waals surface area (Å²) in [5.41, 5.74) is 0. The number of esters is 2. The van der Waals surface area contributed by atoms with E-state index in [0.29, 0.717) is 12.8 Å². The zero-order valence-corrected chi connectivity index (χ0v) is 12.0. The molecule has 0 spiro atoms. The largest absolute Gasteiger partial charge is 0.469 e. The molecule has 0 heterocycles. The first-order chi connectivity index (χ1) is 9.06. The van der Waals surface area contributed by atoms with Gasteiger partial charge in [-0.2, -0.15) is 0 Å². The summed E-state index contributed by atoms with van der Waals surface area (Å²) < 4.78 is 22.3. The Morgan fingerprint density at radius 1 is 1.05 bits per heavy atom. The molecule has 0 rings (SSSR count).